The Morgan fingerprint density at radius 1 is 1.21 bits per heavy atom. The van der Waals surface area contributed by atoms with Crippen LogP contribution in [0.15, 0.2) is 0 Å². The smallest absolute Gasteiger partial charge is 0.00999 e. The Morgan fingerprint density at radius 2 is 1.79 bits per heavy atom. The van der Waals surface area contributed by atoms with Crippen LogP contribution in [0.3, 0.4) is 0 Å². The van der Waals surface area contributed by atoms with E-state index < -0.39 is 0 Å². The monoisotopic (exact) mass is 198 g/mol. The summed E-state index contributed by atoms with van der Waals surface area (Å²) in [6.07, 6.45) is 3.82. The maximum atomic E-state index is 5.90. The van der Waals surface area contributed by atoms with E-state index in [0.717, 1.165) is 6.54 Å². The minimum Gasteiger partial charge on any atom is -0.330 e. The van der Waals surface area contributed by atoms with Gasteiger partial charge < -0.3 is 10.6 Å². The molecule has 2 unspecified atom stereocenters. The highest BCUT2D eigenvalue weighted by molar-refractivity contribution is 4.94. The van der Waals surface area contributed by atoms with Gasteiger partial charge in [0.2, 0.25) is 0 Å². The first-order valence-electron chi connectivity index (χ1n) is 5.65. The van der Waals surface area contributed by atoms with Gasteiger partial charge in [-0.15, -0.1) is 0 Å². The molecule has 0 aromatic rings. The summed E-state index contributed by atoms with van der Waals surface area (Å²) < 4.78 is 0. The van der Waals surface area contributed by atoms with Crippen molar-refractivity contribution in [2.45, 2.75) is 46.1 Å². The maximum absolute atomic E-state index is 5.90. The highest BCUT2D eigenvalue weighted by atomic mass is 15.1. The zero-order valence-corrected chi connectivity index (χ0v) is 10.4. The second-order valence-corrected chi connectivity index (χ2v) is 6.38. The summed E-state index contributed by atoms with van der Waals surface area (Å²) in [5.41, 5.74) is 6.69. The Labute approximate surface area is 88.8 Å². The number of hydrogen-bond donors (Lipinski definition) is 1. The molecule has 0 bridgehead atoms. The lowest BCUT2D eigenvalue weighted by molar-refractivity contribution is 0.0393. The number of hydrogen-bond acceptors (Lipinski definition) is 2. The van der Waals surface area contributed by atoms with Crippen LogP contribution in [0, 0.1) is 10.8 Å². The largest absolute Gasteiger partial charge is 0.330 e. The average Bonchev–Trinajstić information content (AvgIpc) is 2.01. The molecule has 0 spiro atoms. The van der Waals surface area contributed by atoms with E-state index >= 15 is 0 Å². The first-order valence-corrected chi connectivity index (χ1v) is 5.65. The van der Waals surface area contributed by atoms with Gasteiger partial charge in [0.25, 0.3) is 0 Å². The van der Waals surface area contributed by atoms with Crippen LogP contribution in [0.25, 0.3) is 0 Å². The molecule has 1 rings (SSSR count). The van der Waals surface area contributed by atoms with E-state index in [9.17, 15) is 0 Å². The fraction of sp³-hybridized carbons (Fsp3) is 1.00. The van der Waals surface area contributed by atoms with Crippen molar-refractivity contribution in [3.8, 4) is 0 Å². The molecule has 0 saturated heterocycles. The van der Waals surface area contributed by atoms with Crippen molar-refractivity contribution in [2.75, 3.05) is 20.6 Å². The molecule has 0 amide bonds. The van der Waals surface area contributed by atoms with Crippen LogP contribution in [0.4, 0.5) is 0 Å². The quantitative estimate of drug-likeness (QED) is 0.736. The zero-order chi connectivity index (χ0) is 11.0. The van der Waals surface area contributed by atoms with Gasteiger partial charge in [0.15, 0.2) is 0 Å². The van der Waals surface area contributed by atoms with Crippen LogP contribution in [0.2, 0.25) is 0 Å². The van der Waals surface area contributed by atoms with Gasteiger partial charge in [-0.25, -0.2) is 0 Å². The van der Waals surface area contributed by atoms with Crippen molar-refractivity contribution >= 4 is 0 Å². The fourth-order valence-corrected chi connectivity index (χ4v) is 3.10. The van der Waals surface area contributed by atoms with Crippen LogP contribution in [-0.2, 0) is 0 Å². The van der Waals surface area contributed by atoms with Crippen molar-refractivity contribution in [3.63, 3.8) is 0 Å². The zero-order valence-electron chi connectivity index (χ0n) is 10.4. The molecule has 0 aromatic heterocycles. The molecule has 2 heteroatoms. The Hall–Kier alpha value is -0.0800. The average molecular weight is 198 g/mol. The van der Waals surface area contributed by atoms with Gasteiger partial charge in [0, 0.05) is 6.04 Å². The summed E-state index contributed by atoms with van der Waals surface area (Å²) in [6, 6.07) is 0.701. The van der Waals surface area contributed by atoms with Crippen molar-refractivity contribution in [1.29, 1.82) is 0 Å². The molecule has 1 fully saturated rings. The number of nitrogens with zero attached hydrogens (tertiary/aromatic N) is 1. The Balaban J connectivity index is 2.77. The normalized spacial score (nSPS) is 37.5. The van der Waals surface area contributed by atoms with E-state index in [1.54, 1.807) is 0 Å². The maximum Gasteiger partial charge on any atom is 0.00999 e. The van der Waals surface area contributed by atoms with E-state index in [4.69, 9.17) is 5.73 Å². The molecule has 14 heavy (non-hydrogen) atoms. The van der Waals surface area contributed by atoms with E-state index in [2.05, 4.69) is 39.8 Å². The first kappa shape index (κ1) is 12.0. The van der Waals surface area contributed by atoms with Crippen LogP contribution in [0.5, 0.6) is 0 Å². The number of rotatable bonds is 2. The topological polar surface area (TPSA) is 29.3 Å². The second kappa shape index (κ2) is 3.82. The molecule has 84 valence electrons. The molecule has 0 heterocycles. The fourth-order valence-electron chi connectivity index (χ4n) is 3.10. The van der Waals surface area contributed by atoms with E-state index in [1.165, 1.54) is 19.3 Å². The van der Waals surface area contributed by atoms with Gasteiger partial charge in [0.05, 0.1) is 0 Å². The molecule has 2 atom stereocenters. The summed E-state index contributed by atoms with van der Waals surface area (Å²) in [7, 11) is 4.37. The van der Waals surface area contributed by atoms with Crippen LogP contribution >= 0.6 is 0 Å². The molecule has 2 N–H and O–H groups in total. The molecule has 0 aliphatic heterocycles. The third kappa shape index (κ3) is 2.71. The summed E-state index contributed by atoms with van der Waals surface area (Å²) in [5, 5.41) is 0. The van der Waals surface area contributed by atoms with Crippen molar-refractivity contribution in [3.05, 3.63) is 0 Å². The van der Waals surface area contributed by atoms with Crippen LogP contribution in [-0.4, -0.2) is 31.6 Å². The molecule has 0 aromatic carbocycles. The summed E-state index contributed by atoms with van der Waals surface area (Å²) >= 11 is 0. The molecular weight excluding hydrogens is 172 g/mol. The Kier molecular flexibility index (Phi) is 3.27. The van der Waals surface area contributed by atoms with Crippen molar-refractivity contribution in [2.24, 2.45) is 16.6 Å². The predicted octanol–water partition coefficient (Wildman–Crippen LogP) is 2.09. The first-order chi connectivity index (χ1) is 6.28. The van der Waals surface area contributed by atoms with E-state index in [0.29, 0.717) is 16.9 Å². The predicted molar refractivity (Wildman–Crippen MR) is 62.3 cm³/mol. The van der Waals surface area contributed by atoms with Gasteiger partial charge in [-0.2, -0.15) is 0 Å². The molecule has 1 aliphatic rings. The van der Waals surface area contributed by atoms with Gasteiger partial charge >= 0.3 is 0 Å². The third-order valence-corrected chi connectivity index (χ3v) is 3.65. The van der Waals surface area contributed by atoms with Gasteiger partial charge in [-0.05, 0) is 50.7 Å². The summed E-state index contributed by atoms with van der Waals surface area (Å²) in [4.78, 5) is 2.36. The van der Waals surface area contributed by atoms with E-state index in [-0.39, 0.29) is 0 Å². The lowest BCUT2D eigenvalue weighted by atomic mass is 9.62. The minimum atomic E-state index is 0.344. The highest BCUT2D eigenvalue weighted by Crippen LogP contribution is 2.46. The highest BCUT2D eigenvalue weighted by Gasteiger charge is 2.40. The lowest BCUT2D eigenvalue weighted by Crippen LogP contribution is -2.47. The summed E-state index contributed by atoms with van der Waals surface area (Å²) in [5.74, 6) is 0. The lowest BCUT2D eigenvalue weighted by Gasteiger charge is -2.48. The van der Waals surface area contributed by atoms with Crippen LogP contribution in [0.1, 0.15) is 40.0 Å². The minimum absolute atomic E-state index is 0.344. The Morgan fingerprint density at radius 3 is 2.21 bits per heavy atom. The van der Waals surface area contributed by atoms with Gasteiger partial charge in [-0.1, -0.05) is 20.8 Å². The molecule has 1 aliphatic carbocycles. The second-order valence-electron chi connectivity index (χ2n) is 6.38. The Bertz CT molecular complexity index is 198. The molecule has 2 nitrogen and oxygen atoms in total. The standard InChI is InChI=1S/C12H26N2/c1-11(2)6-10(14(4)5)7-12(3,8-11)9-13/h10H,6-9,13H2,1-5H3. The van der Waals surface area contributed by atoms with Crippen molar-refractivity contribution < 1.29 is 0 Å². The SMILES string of the molecule is CN(C)C1CC(C)(C)CC(C)(CN)C1. The van der Waals surface area contributed by atoms with Gasteiger partial charge in [-0.3, -0.25) is 0 Å². The summed E-state index contributed by atoms with van der Waals surface area (Å²) in [6.45, 7) is 7.90. The van der Waals surface area contributed by atoms with Crippen molar-refractivity contribution in [1.82, 2.24) is 4.90 Å². The number of nitrogens with two attached hydrogens (primary N) is 1. The third-order valence-electron chi connectivity index (χ3n) is 3.65. The van der Waals surface area contributed by atoms with Crippen LogP contribution < -0.4 is 5.73 Å². The molecular formula is C12H26N2. The van der Waals surface area contributed by atoms with Gasteiger partial charge in [0.1, 0.15) is 0 Å². The molecule has 1 saturated carbocycles. The van der Waals surface area contributed by atoms with E-state index in [1.807, 2.05) is 0 Å². The molecule has 0 radical (unpaired) electrons.